The van der Waals surface area contributed by atoms with E-state index < -0.39 is 0 Å². The number of hydrogen-bond donors (Lipinski definition) is 0. The molecule has 0 saturated carbocycles. The van der Waals surface area contributed by atoms with Crippen LogP contribution in [0.5, 0.6) is 0 Å². The smallest absolute Gasteiger partial charge is 0.131 e. The predicted octanol–water partition coefficient (Wildman–Crippen LogP) is 0.470. The number of rotatable bonds is 3. The predicted molar refractivity (Wildman–Crippen MR) is 97.0 cm³/mol. The van der Waals surface area contributed by atoms with Crippen molar-refractivity contribution >= 4 is 5.82 Å². The molecule has 2 unspecified atom stereocenters. The van der Waals surface area contributed by atoms with E-state index in [0.717, 1.165) is 71.2 Å². The number of nitrogens with zero attached hydrogens (tertiary/aromatic N) is 5. The summed E-state index contributed by atoms with van der Waals surface area (Å²) in [7, 11) is 4.29. The molecule has 7 nitrogen and oxygen atoms in total. The number of piperidine rings is 1. The Morgan fingerprint density at radius 1 is 1.08 bits per heavy atom. The highest BCUT2D eigenvalue weighted by Gasteiger charge is 2.37. The molecule has 4 heterocycles. The van der Waals surface area contributed by atoms with Crippen LogP contribution >= 0.6 is 0 Å². The number of likely N-dealkylation sites (N-methyl/N-ethyl adjacent to an activating group) is 1. The van der Waals surface area contributed by atoms with Gasteiger partial charge in [-0.2, -0.15) is 5.10 Å². The molecule has 3 saturated heterocycles. The molecule has 7 heteroatoms. The third kappa shape index (κ3) is 3.43. The number of fused-ring (bicyclic) bond motifs is 1. The number of aryl methyl sites for hydroxylation is 2. The average Bonchev–Trinajstić information content (AvgIpc) is 2.89. The molecule has 0 radical (unpaired) electrons. The summed E-state index contributed by atoms with van der Waals surface area (Å²) in [4.78, 5) is 7.49. The largest absolute Gasteiger partial charge is 0.378 e. The standard InChI is InChI=1S/C18H31N5O2/c1-14-15(18(21(3)19-14)22-6-9-24-10-7-22)12-23-8-11-25-17-4-5-20(2)13-16(17)23/h16-17H,4-13H2,1-3H3. The van der Waals surface area contributed by atoms with Gasteiger partial charge >= 0.3 is 0 Å². The summed E-state index contributed by atoms with van der Waals surface area (Å²) in [5, 5.41) is 4.74. The Bertz CT molecular complexity index is 599. The van der Waals surface area contributed by atoms with E-state index in [-0.39, 0.29) is 0 Å². The third-order valence-corrected chi connectivity index (χ3v) is 5.89. The molecule has 0 spiro atoms. The lowest BCUT2D eigenvalue weighted by atomic mass is 9.98. The number of hydrogen-bond acceptors (Lipinski definition) is 6. The van der Waals surface area contributed by atoms with Crippen LogP contribution in [-0.4, -0.2) is 91.3 Å². The van der Waals surface area contributed by atoms with Gasteiger partial charge in [0.15, 0.2) is 0 Å². The minimum atomic E-state index is 0.383. The van der Waals surface area contributed by atoms with Crippen LogP contribution in [0, 0.1) is 6.92 Å². The monoisotopic (exact) mass is 349 g/mol. The molecule has 0 bridgehead atoms. The van der Waals surface area contributed by atoms with E-state index in [9.17, 15) is 0 Å². The van der Waals surface area contributed by atoms with Crippen molar-refractivity contribution in [3.63, 3.8) is 0 Å². The highest BCUT2D eigenvalue weighted by atomic mass is 16.5. The summed E-state index contributed by atoms with van der Waals surface area (Å²) in [5.74, 6) is 1.27. The molecule has 1 aromatic heterocycles. The molecule has 4 rings (SSSR count). The van der Waals surface area contributed by atoms with Crippen molar-refractivity contribution < 1.29 is 9.47 Å². The summed E-state index contributed by atoms with van der Waals surface area (Å²) in [6, 6.07) is 0.490. The highest BCUT2D eigenvalue weighted by molar-refractivity contribution is 5.50. The SMILES string of the molecule is Cc1nn(C)c(N2CCOCC2)c1CN1CCOC2CCN(C)CC21. The molecule has 2 atom stereocenters. The molecular weight excluding hydrogens is 318 g/mol. The van der Waals surface area contributed by atoms with Crippen LogP contribution in [0.25, 0.3) is 0 Å². The molecule has 3 aliphatic heterocycles. The quantitative estimate of drug-likeness (QED) is 0.791. The van der Waals surface area contributed by atoms with Crippen LogP contribution < -0.4 is 4.90 Å². The third-order valence-electron chi connectivity index (χ3n) is 5.89. The van der Waals surface area contributed by atoms with E-state index in [2.05, 4.69) is 40.4 Å². The zero-order chi connectivity index (χ0) is 17.4. The molecule has 0 aliphatic carbocycles. The Labute approximate surface area is 150 Å². The van der Waals surface area contributed by atoms with Gasteiger partial charge in [0.1, 0.15) is 5.82 Å². The van der Waals surface area contributed by atoms with Crippen LogP contribution in [-0.2, 0) is 23.1 Å². The van der Waals surface area contributed by atoms with E-state index in [4.69, 9.17) is 14.6 Å². The topological polar surface area (TPSA) is 46.0 Å². The van der Waals surface area contributed by atoms with Crippen LogP contribution in [0.2, 0.25) is 0 Å². The van der Waals surface area contributed by atoms with Gasteiger partial charge < -0.3 is 19.3 Å². The number of likely N-dealkylation sites (tertiary alicyclic amines) is 1. The summed E-state index contributed by atoms with van der Waals surface area (Å²) >= 11 is 0. The Balaban J connectivity index is 1.57. The van der Waals surface area contributed by atoms with Crippen LogP contribution in [0.15, 0.2) is 0 Å². The Morgan fingerprint density at radius 3 is 2.68 bits per heavy atom. The summed E-state index contributed by atoms with van der Waals surface area (Å²) < 4.78 is 13.7. The van der Waals surface area contributed by atoms with Crippen molar-refractivity contribution in [1.82, 2.24) is 19.6 Å². The molecule has 3 aliphatic rings. The maximum Gasteiger partial charge on any atom is 0.131 e. The molecule has 0 N–H and O–H groups in total. The first-order chi connectivity index (χ1) is 12.1. The fourth-order valence-corrected chi connectivity index (χ4v) is 4.55. The lowest BCUT2D eigenvalue weighted by Crippen LogP contribution is -2.58. The second-order valence-corrected chi connectivity index (χ2v) is 7.61. The highest BCUT2D eigenvalue weighted by Crippen LogP contribution is 2.29. The first-order valence-corrected chi connectivity index (χ1v) is 9.53. The van der Waals surface area contributed by atoms with Gasteiger partial charge in [0.25, 0.3) is 0 Å². The summed E-state index contributed by atoms with van der Waals surface area (Å²) in [6.45, 7) is 10.7. The maximum atomic E-state index is 6.06. The van der Waals surface area contributed by atoms with Crippen LogP contribution in [0.3, 0.4) is 0 Å². The Hall–Kier alpha value is -1.15. The lowest BCUT2D eigenvalue weighted by Gasteiger charge is -2.46. The molecule has 25 heavy (non-hydrogen) atoms. The van der Waals surface area contributed by atoms with Crippen LogP contribution in [0.1, 0.15) is 17.7 Å². The number of aromatic nitrogens is 2. The lowest BCUT2D eigenvalue weighted by molar-refractivity contribution is -0.103. The summed E-state index contributed by atoms with van der Waals surface area (Å²) in [6.07, 6.45) is 1.52. The second kappa shape index (κ2) is 7.23. The Kier molecular flexibility index (Phi) is 4.99. The average molecular weight is 349 g/mol. The molecular formula is C18H31N5O2. The molecule has 1 aromatic rings. The van der Waals surface area contributed by atoms with Gasteiger partial charge in [0.05, 0.1) is 31.6 Å². The van der Waals surface area contributed by atoms with Gasteiger partial charge in [0, 0.05) is 57.9 Å². The van der Waals surface area contributed by atoms with E-state index in [1.165, 1.54) is 11.4 Å². The normalized spacial score (nSPS) is 29.0. The first-order valence-electron chi connectivity index (χ1n) is 9.53. The maximum absolute atomic E-state index is 6.06. The van der Waals surface area contributed by atoms with Crippen molar-refractivity contribution in [1.29, 1.82) is 0 Å². The number of morpholine rings is 2. The van der Waals surface area contributed by atoms with Gasteiger partial charge in [-0.05, 0) is 20.4 Å². The minimum absolute atomic E-state index is 0.383. The minimum Gasteiger partial charge on any atom is -0.378 e. The van der Waals surface area contributed by atoms with Gasteiger partial charge in [0.2, 0.25) is 0 Å². The zero-order valence-corrected chi connectivity index (χ0v) is 15.8. The summed E-state index contributed by atoms with van der Waals surface area (Å²) in [5.41, 5.74) is 2.52. The molecule has 140 valence electrons. The molecule has 0 amide bonds. The Morgan fingerprint density at radius 2 is 1.88 bits per heavy atom. The van der Waals surface area contributed by atoms with E-state index in [0.29, 0.717) is 12.1 Å². The molecule has 3 fully saturated rings. The van der Waals surface area contributed by atoms with Gasteiger partial charge in [-0.3, -0.25) is 9.58 Å². The van der Waals surface area contributed by atoms with Gasteiger partial charge in [-0.15, -0.1) is 0 Å². The zero-order valence-electron chi connectivity index (χ0n) is 15.8. The van der Waals surface area contributed by atoms with Crippen molar-refractivity contribution in [2.24, 2.45) is 7.05 Å². The van der Waals surface area contributed by atoms with Gasteiger partial charge in [-0.25, -0.2) is 0 Å². The first kappa shape index (κ1) is 17.3. The fraction of sp³-hybridized carbons (Fsp3) is 0.833. The number of ether oxygens (including phenoxy) is 2. The second-order valence-electron chi connectivity index (χ2n) is 7.61. The van der Waals surface area contributed by atoms with Gasteiger partial charge in [-0.1, -0.05) is 0 Å². The van der Waals surface area contributed by atoms with Crippen molar-refractivity contribution in [2.75, 3.05) is 64.5 Å². The van der Waals surface area contributed by atoms with Crippen molar-refractivity contribution in [3.8, 4) is 0 Å². The van der Waals surface area contributed by atoms with Crippen molar-refractivity contribution in [3.05, 3.63) is 11.3 Å². The van der Waals surface area contributed by atoms with Crippen molar-refractivity contribution in [2.45, 2.75) is 32.0 Å². The van der Waals surface area contributed by atoms with E-state index >= 15 is 0 Å². The van der Waals surface area contributed by atoms with Crippen LogP contribution in [0.4, 0.5) is 5.82 Å². The fourth-order valence-electron chi connectivity index (χ4n) is 4.55. The molecule has 0 aromatic carbocycles. The number of anilines is 1. The van der Waals surface area contributed by atoms with E-state index in [1.54, 1.807) is 0 Å². The van der Waals surface area contributed by atoms with E-state index in [1.807, 2.05) is 0 Å².